The van der Waals surface area contributed by atoms with Gasteiger partial charge < -0.3 is 5.32 Å². The van der Waals surface area contributed by atoms with Gasteiger partial charge in [-0.2, -0.15) is 4.31 Å². The molecule has 1 aromatic heterocycles. The van der Waals surface area contributed by atoms with Gasteiger partial charge in [0.1, 0.15) is 0 Å². The Morgan fingerprint density at radius 1 is 1.35 bits per heavy atom. The highest BCUT2D eigenvalue weighted by molar-refractivity contribution is 7.89. The molecule has 1 saturated carbocycles. The van der Waals surface area contributed by atoms with E-state index >= 15 is 0 Å². The van der Waals surface area contributed by atoms with E-state index in [1.807, 2.05) is 13.0 Å². The first-order valence-electron chi connectivity index (χ1n) is 7.19. The lowest BCUT2D eigenvalue weighted by molar-refractivity contribution is 0.371. The van der Waals surface area contributed by atoms with E-state index in [1.54, 1.807) is 19.3 Å². The second-order valence-electron chi connectivity index (χ2n) is 5.24. The molecule has 0 atom stereocenters. The minimum absolute atomic E-state index is 0.128. The van der Waals surface area contributed by atoms with Gasteiger partial charge in [0, 0.05) is 25.8 Å². The monoisotopic (exact) mass is 297 g/mol. The molecule has 0 saturated heterocycles. The average Bonchev–Trinajstić information content (AvgIpc) is 2.98. The van der Waals surface area contributed by atoms with Crippen molar-refractivity contribution in [1.82, 2.24) is 14.6 Å². The van der Waals surface area contributed by atoms with Crippen LogP contribution < -0.4 is 5.32 Å². The van der Waals surface area contributed by atoms with Gasteiger partial charge in [-0.25, -0.2) is 13.4 Å². The number of rotatable bonds is 6. The Kier molecular flexibility index (Phi) is 5.12. The van der Waals surface area contributed by atoms with Crippen LogP contribution in [0.4, 0.5) is 0 Å². The lowest BCUT2D eigenvalue weighted by Crippen LogP contribution is -2.35. The second-order valence-corrected chi connectivity index (χ2v) is 7.19. The van der Waals surface area contributed by atoms with Crippen LogP contribution in [0.2, 0.25) is 0 Å². The molecule has 1 heterocycles. The highest BCUT2D eigenvalue weighted by atomic mass is 32.2. The highest BCUT2D eigenvalue weighted by Crippen LogP contribution is 2.26. The number of hydrogen-bond donors (Lipinski definition) is 1. The summed E-state index contributed by atoms with van der Waals surface area (Å²) in [6, 6.07) is 3.56. The molecule has 0 radical (unpaired) electrons. The van der Waals surface area contributed by atoms with Crippen molar-refractivity contribution in [2.45, 2.75) is 50.2 Å². The summed E-state index contributed by atoms with van der Waals surface area (Å²) in [5.41, 5.74) is 0.995. The zero-order chi connectivity index (χ0) is 14.6. The van der Waals surface area contributed by atoms with Crippen LogP contribution >= 0.6 is 0 Å². The standard InChI is InChI=1S/C14H23N3O2S/c1-3-15-10-12-8-9-14(16-11-12)20(18,19)17(2)13-6-4-5-7-13/h8-9,11,13,15H,3-7,10H2,1-2H3. The van der Waals surface area contributed by atoms with Gasteiger partial charge in [-0.05, 0) is 31.0 Å². The van der Waals surface area contributed by atoms with Crippen LogP contribution in [-0.4, -0.2) is 37.3 Å². The summed E-state index contributed by atoms with van der Waals surface area (Å²) in [5, 5.41) is 3.34. The van der Waals surface area contributed by atoms with Crippen LogP contribution in [-0.2, 0) is 16.6 Å². The Morgan fingerprint density at radius 2 is 2.05 bits per heavy atom. The molecule has 1 fully saturated rings. The summed E-state index contributed by atoms with van der Waals surface area (Å²) in [7, 11) is -1.79. The first-order chi connectivity index (χ1) is 9.55. The topological polar surface area (TPSA) is 62.3 Å². The third-order valence-corrected chi connectivity index (χ3v) is 5.69. The fourth-order valence-corrected chi connectivity index (χ4v) is 3.87. The van der Waals surface area contributed by atoms with Crippen molar-refractivity contribution in [2.75, 3.05) is 13.6 Å². The van der Waals surface area contributed by atoms with Crippen molar-refractivity contribution >= 4 is 10.0 Å². The van der Waals surface area contributed by atoms with E-state index in [0.29, 0.717) is 6.54 Å². The van der Waals surface area contributed by atoms with Crippen molar-refractivity contribution in [3.63, 3.8) is 0 Å². The smallest absolute Gasteiger partial charge is 0.260 e. The summed E-state index contributed by atoms with van der Waals surface area (Å²) in [5.74, 6) is 0. The van der Waals surface area contributed by atoms with E-state index < -0.39 is 10.0 Å². The van der Waals surface area contributed by atoms with Crippen molar-refractivity contribution in [1.29, 1.82) is 0 Å². The van der Waals surface area contributed by atoms with Gasteiger partial charge >= 0.3 is 0 Å². The molecule has 0 aromatic carbocycles. The zero-order valence-electron chi connectivity index (χ0n) is 12.2. The van der Waals surface area contributed by atoms with Gasteiger partial charge in [0.2, 0.25) is 0 Å². The number of nitrogens with zero attached hydrogens (tertiary/aromatic N) is 2. The Hall–Kier alpha value is -0.980. The lowest BCUT2D eigenvalue weighted by Gasteiger charge is -2.23. The first kappa shape index (κ1) is 15.4. The number of nitrogens with one attached hydrogen (secondary N) is 1. The van der Waals surface area contributed by atoms with E-state index in [4.69, 9.17) is 0 Å². The molecule has 1 aliphatic carbocycles. The van der Waals surface area contributed by atoms with Gasteiger partial charge in [-0.1, -0.05) is 25.8 Å². The Bertz CT molecular complexity index is 522. The second kappa shape index (κ2) is 6.65. The third kappa shape index (κ3) is 3.37. The number of aromatic nitrogens is 1. The molecule has 5 nitrogen and oxygen atoms in total. The van der Waals surface area contributed by atoms with E-state index in [2.05, 4.69) is 10.3 Å². The Labute approximate surface area is 121 Å². The van der Waals surface area contributed by atoms with Crippen molar-refractivity contribution in [2.24, 2.45) is 0 Å². The fraction of sp³-hybridized carbons (Fsp3) is 0.643. The van der Waals surface area contributed by atoms with Gasteiger partial charge in [-0.3, -0.25) is 0 Å². The maximum absolute atomic E-state index is 12.5. The molecule has 0 spiro atoms. The van der Waals surface area contributed by atoms with Crippen LogP contribution in [0.1, 0.15) is 38.2 Å². The van der Waals surface area contributed by atoms with Crippen LogP contribution in [0.25, 0.3) is 0 Å². The maximum Gasteiger partial charge on any atom is 0.260 e. The average molecular weight is 297 g/mol. The largest absolute Gasteiger partial charge is 0.313 e. The SMILES string of the molecule is CCNCc1ccc(S(=O)(=O)N(C)C2CCCC2)nc1. The summed E-state index contributed by atoms with van der Waals surface area (Å²) in [6.07, 6.45) is 5.76. The zero-order valence-corrected chi connectivity index (χ0v) is 13.0. The maximum atomic E-state index is 12.5. The van der Waals surface area contributed by atoms with Gasteiger partial charge in [0.05, 0.1) is 0 Å². The summed E-state index contributed by atoms with van der Waals surface area (Å²) < 4.78 is 26.5. The molecule has 20 heavy (non-hydrogen) atoms. The lowest BCUT2D eigenvalue weighted by atomic mass is 10.3. The van der Waals surface area contributed by atoms with E-state index in [1.165, 1.54) is 4.31 Å². The molecule has 6 heteroatoms. The Morgan fingerprint density at radius 3 is 2.60 bits per heavy atom. The minimum atomic E-state index is -3.46. The Balaban J connectivity index is 2.12. The predicted octanol–water partition coefficient (Wildman–Crippen LogP) is 1.75. The number of sulfonamides is 1. The number of pyridine rings is 1. The van der Waals surface area contributed by atoms with Crippen molar-refractivity contribution in [3.8, 4) is 0 Å². The molecule has 1 N–H and O–H groups in total. The van der Waals surface area contributed by atoms with Crippen LogP contribution in [0.15, 0.2) is 23.4 Å². The van der Waals surface area contributed by atoms with Crippen molar-refractivity contribution in [3.05, 3.63) is 23.9 Å². The summed E-state index contributed by atoms with van der Waals surface area (Å²) >= 11 is 0. The molecule has 0 unspecified atom stereocenters. The van der Waals surface area contributed by atoms with Crippen molar-refractivity contribution < 1.29 is 8.42 Å². The van der Waals surface area contributed by atoms with Gasteiger partial charge in [-0.15, -0.1) is 0 Å². The third-order valence-electron chi connectivity index (χ3n) is 3.86. The highest BCUT2D eigenvalue weighted by Gasteiger charge is 2.30. The van der Waals surface area contributed by atoms with Gasteiger partial charge in [0.25, 0.3) is 10.0 Å². The molecule has 1 aliphatic rings. The fourth-order valence-electron chi connectivity index (χ4n) is 2.55. The molecule has 112 valence electrons. The quantitative estimate of drug-likeness (QED) is 0.869. The van der Waals surface area contributed by atoms with E-state index in [9.17, 15) is 8.42 Å². The summed E-state index contributed by atoms with van der Waals surface area (Å²) in [4.78, 5) is 4.13. The number of hydrogen-bond acceptors (Lipinski definition) is 4. The molecular formula is C14H23N3O2S. The molecule has 2 rings (SSSR count). The van der Waals surface area contributed by atoms with Crippen LogP contribution in [0.3, 0.4) is 0 Å². The van der Waals surface area contributed by atoms with E-state index in [0.717, 1.165) is 37.8 Å². The molecule has 0 aliphatic heterocycles. The van der Waals surface area contributed by atoms with Crippen LogP contribution in [0.5, 0.6) is 0 Å². The first-order valence-corrected chi connectivity index (χ1v) is 8.63. The minimum Gasteiger partial charge on any atom is -0.313 e. The van der Waals surface area contributed by atoms with E-state index in [-0.39, 0.29) is 11.1 Å². The molecular weight excluding hydrogens is 274 g/mol. The normalized spacial score (nSPS) is 16.9. The predicted molar refractivity (Wildman–Crippen MR) is 78.8 cm³/mol. The van der Waals surface area contributed by atoms with Gasteiger partial charge in [0.15, 0.2) is 5.03 Å². The molecule has 0 bridgehead atoms. The molecule has 0 amide bonds. The van der Waals surface area contributed by atoms with Crippen LogP contribution in [0, 0.1) is 0 Å². The summed E-state index contributed by atoms with van der Waals surface area (Å²) in [6.45, 7) is 3.62. The molecule has 1 aromatic rings.